The van der Waals surface area contributed by atoms with E-state index in [-0.39, 0.29) is 11.7 Å². The minimum Gasteiger partial charge on any atom is -0.494 e. The Labute approximate surface area is 151 Å². The molecule has 0 heterocycles. The van der Waals surface area contributed by atoms with Crippen LogP contribution in [0.2, 0.25) is 0 Å². The van der Waals surface area contributed by atoms with Crippen molar-refractivity contribution in [3.05, 3.63) is 60.2 Å². The van der Waals surface area contributed by atoms with E-state index in [2.05, 4.69) is 5.32 Å². The number of amides is 2. The van der Waals surface area contributed by atoms with Gasteiger partial charge in [0.05, 0.1) is 18.0 Å². The molecule has 0 unspecified atom stereocenters. The number of hydrogen-bond acceptors (Lipinski definition) is 4. The molecule has 2 aromatic rings. The Morgan fingerprint density at radius 1 is 1.16 bits per heavy atom. The highest BCUT2D eigenvalue weighted by Gasteiger charge is 2.06. The molecule has 0 atom stereocenters. The number of thioether (sulfide) groups is 1. The summed E-state index contributed by atoms with van der Waals surface area (Å²) in [5.41, 5.74) is 6.71. The van der Waals surface area contributed by atoms with E-state index in [0.29, 0.717) is 12.3 Å². The number of para-hydroxylation sites is 1. The fourth-order valence-corrected chi connectivity index (χ4v) is 2.78. The van der Waals surface area contributed by atoms with Gasteiger partial charge in [0.2, 0.25) is 11.8 Å². The van der Waals surface area contributed by atoms with E-state index in [0.717, 1.165) is 16.2 Å². The van der Waals surface area contributed by atoms with Crippen LogP contribution in [0.1, 0.15) is 12.5 Å². The minimum atomic E-state index is -0.401. The summed E-state index contributed by atoms with van der Waals surface area (Å²) in [7, 11) is 0. The topological polar surface area (TPSA) is 81.4 Å². The van der Waals surface area contributed by atoms with Crippen molar-refractivity contribution >= 4 is 35.3 Å². The lowest BCUT2D eigenvalue weighted by Gasteiger charge is -2.08. The van der Waals surface area contributed by atoms with E-state index >= 15 is 0 Å². The lowest BCUT2D eigenvalue weighted by atomic mass is 10.2. The van der Waals surface area contributed by atoms with Crippen molar-refractivity contribution in [3.63, 3.8) is 0 Å². The van der Waals surface area contributed by atoms with Crippen molar-refractivity contribution in [2.75, 3.05) is 17.7 Å². The monoisotopic (exact) mass is 356 g/mol. The van der Waals surface area contributed by atoms with Gasteiger partial charge in [0, 0.05) is 11.0 Å². The van der Waals surface area contributed by atoms with Gasteiger partial charge in [-0.2, -0.15) is 0 Å². The third kappa shape index (κ3) is 6.35. The van der Waals surface area contributed by atoms with Crippen LogP contribution in [0.4, 0.5) is 5.69 Å². The molecule has 0 saturated heterocycles. The van der Waals surface area contributed by atoms with Gasteiger partial charge in [-0.3, -0.25) is 9.59 Å². The molecule has 2 aromatic carbocycles. The Kier molecular flexibility index (Phi) is 7.10. The maximum absolute atomic E-state index is 12.1. The maximum Gasteiger partial charge on any atom is 0.248 e. The van der Waals surface area contributed by atoms with Gasteiger partial charge in [-0.1, -0.05) is 24.3 Å². The molecule has 3 N–H and O–H groups in total. The summed E-state index contributed by atoms with van der Waals surface area (Å²) in [6, 6.07) is 14.8. The number of hydrogen-bond donors (Lipinski definition) is 2. The van der Waals surface area contributed by atoms with Crippen LogP contribution in [0.15, 0.2) is 59.5 Å². The van der Waals surface area contributed by atoms with Gasteiger partial charge in [-0.25, -0.2) is 0 Å². The van der Waals surface area contributed by atoms with Crippen LogP contribution in [0.5, 0.6) is 5.75 Å². The van der Waals surface area contributed by atoms with Crippen molar-refractivity contribution < 1.29 is 14.3 Å². The fraction of sp³-hybridized carbons (Fsp3) is 0.158. The Bertz CT molecular complexity index is 758. The van der Waals surface area contributed by atoms with Gasteiger partial charge in [0.15, 0.2) is 0 Å². The second-order valence-electron chi connectivity index (χ2n) is 5.08. The van der Waals surface area contributed by atoms with Crippen LogP contribution in [-0.4, -0.2) is 24.2 Å². The average Bonchev–Trinajstić information content (AvgIpc) is 2.60. The predicted molar refractivity (Wildman–Crippen MR) is 102 cm³/mol. The zero-order valence-corrected chi connectivity index (χ0v) is 14.7. The molecule has 0 fully saturated rings. The molecule has 130 valence electrons. The Balaban J connectivity index is 1.98. The SMILES string of the molecule is CCOc1ccc(/C=C/C(=O)Nc2ccccc2SCC(N)=O)cc1. The van der Waals surface area contributed by atoms with E-state index in [1.54, 1.807) is 12.1 Å². The van der Waals surface area contributed by atoms with Crippen LogP contribution in [0.3, 0.4) is 0 Å². The number of primary amides is 1. The minimum absolute atomic E-state index is 0.162. The van der Waals surface area contributed by atoms with Crippen molar-refractivity contribution in [1.82, 2.24) is 0 Å². The van der Waals surface area contributed by atoms with Gasteiger partial charge in [0.1, 0.15) is 5.75 Å². The van der Waals surface area contributed by atoms with E-state index in [1.807, 2.05) is 49.4 Å². The molecule has 0 bridgehead atoms. The Morgan fingerprint density at radius 2 is 1.88 bits per heavy atom. The quantitative estimate of drug-likeness (QED) is 0.562. The second kappa shape index (κ2) is 9.54. The normalized spacial score (nSPS) is 10.6. The number of nitrogens with one attached hydrogen (secondary N) is 1. The van der Waals surface area contributed by atoms with Crippen LogP contribution < -0.4 is 15.8 Å². The summed E-state index contributed by atoms with van der Waals surface area (Å²) in [5.74, 6) is 0.307. The highest BCUT2D eigenvalue weighted by Crippen LogP contribution is 2.26. The molecule has 0 aliphatic carbocycles. The van der Waals surface area contributed by atoms with Crippen LogP contribution >= 0.6 is 11.8 Å². The fourth-order valence-electron chi connectivity index (χ4n) is 2.03. The zero-order valence-electron chi connectivity index (χ0n) is 13.9. The Hall–Kier alpha value is -2.73. The highest BCUT2D eigenvalue weighted by atomic mass is 32.2. The van der Waals surface area contributed by atoms with Crippen LogP contribution in [0.25, 0.3) is 6.08 Å². The first-order valence-electron chi connectivity index (χ1n) is 7.80. The molecule has 0 aromatic heterocycles. The lowest BCUT2D eigenvalue weighted by Crippen LogP contribution is -2.13. The first-order valence-corrected chi connectivity index (χ1v) is 8.79. The smallest absolute Gasteiger partial charge is 0.248 e. The molecule has 0 saturated carbocycles. The van der Waals surface area contributed by atoms with Crippen molar-refractivity contribution in [2.45, 2.75) is 11.8 Å². The Morgan fingerprint density at radius 3 is 2.56 bits per heavy atom. The molecule has 5 nitrogen and oxygen atoms in total. The van der Waals surface area contributed by atoms with E-state index in [4.69, 9.17) is 10.5 Å². The number of carbonyl (C=O) groups is 2. The summed E-state index contributed by atoms with van der Waals surface area (Å²) >= 11 is 1.29. The van der Waals surface area contributed by atoms with E-state index in [1.165, 1.54) is 17.8 Å². The first kappa shape index (κ1) is 18.6. The average molecular weight is 356 g/mol. The number of ether oxygens (including phenoxy) is 1. The number of anilines is 1. The van der Waals surface area contributed by atoms with Crippen molar-refractivity contribution in [3.8, 4) is 5.75 Å². The third-order valence-electron chi connectivity index (χ3n) is 3.13. The van der Waals surface area contributed by atoms with E-state index in [9.17, 15) is 9.59 Å². The lowest BCUT2D eigenvalue weighted by molar-refractivity contribution is -0.115. The second-order valence-corrected chi connectivity index (χ2v) is 6.09. The number of nitrogens with two attached hydrogens (primary N) is 1. The van der Waals surface area contributed by atoms with E-state index < -0.39 is 5.91 Å². The van der Waals surface area contributed by atoms with Gasteiger partial charge < -0.3 is 15.8 Å². The summed E-state index contributed by atoms with van der Waals surface area (Å²) in [4.78, 5) is 23.8. The summed E-state index contributed by atoms with van der Waals surface area (Å²) < 4.78 is 5.38. The van der Waals surface area contributed by atoms with Crippen molar-refractivity contribution in [1.29, 1.82) is 0 Å². The predicted octanol–water partition coefficient (Wildman–Crippen LogP) is 3.31. The molecule has 2 rings (SSSR count). The molecular weight excluding hydrogens is 336 g/mol. The molecule has 0 aliphatic heterocycles. The molecule has 25 heavy (non-hydrogen) atoms. The zero-order chi connectivity index (χ0) is 18.1. The van der Waals surface area contributed by atoms with Crippen LogP contribution in [0, 0.1) is 0 Å². The number of carbonyl (C=O) groups excluding carboxylic acids is 2. The standard InChI is InChI=1S/C19H20N2O3S/c1-2-24-15-10-7-14(8-11-15)9-12-19(23)21-16-5-3-4-6-17(16)25-13-18(20)22/h3-12H,2,13H2,1H3,(H2,20,22)(H,21,23)/b12-9+. The number of rotatable bonds is 8. The van der Waals surface area contributed by atoms with Crippen molar-refractivity contribution in [2.24, 2.45) is 5.73 Å². The largest absolute Gasteiger partial charge is 0.494 e. The third-order valence-corrected chi connectivity index (χ3v) is 4.23. The van der Waals surface area contributed by atoms with Gasteiger partial charge in [0.25, 0.3) is 0 Å². The van der Waals surface area contributed by atoms with Gasteiger partial charge in [-0.05, 0) is 42.8 Å². The number of benzene rings is 2. The molecule has 0 aliphatic rings. The highest BCUT2D eigenvalue weighted by molar-refractivity contribution is 8.00. The van der Waals surface area contributed by atoms with Crippen LogP contribution in [-0.2, 0) is 9.59 Å². The molecule has 0 spiro atoms. The van der Waals surface area contributed by atoms with Gasteiger partial charge in [-0.15, -0.1) is 11.8 Å². The summed E-state index contributed by atoms with van der Waals surface area (Å²) in [6.45, 7) is 2.54. The maximum atomic E-state index is 12.1. The molecule has 6 heteroatoms. The summed E-state index contributed by atoms with van der Waals surface area (Å²) in [5, 5.41) is 2.81. The first-order chi connectivity index (χ1) is 12.1. The molecular formula is C19H20N2O3S. The molecule has 0 radical (unpaired) electrons. The molecule has 2 amide bonds. The van der Waals surface area contributed by atoms with Gasteiger partial charge >= 0.3 is 0 Å². The summed E-state index contributed by atoms with van der Waals surface area (Å²) in [6.07, 6.45) is 3.19.